The number of benzene rings is 1. The minimum absolute atomic E-state index is 0.0269. The number of ketones is 1. The second-order valence-corrected chi connectivity index (χ2v) is 5.56. The Morgan fingerprint density at radius 3 is 2.33 bits per heavy atom. The molecule has 0 amide bonds. The molecule has 0 aromatic heterocycles. The molecule has 1 fully saturated rings. The molecule has 112 valence electrons. The zero-order chi connectivity index (χ0) is 15.6. The van der Waals surface area contributed by atoms with Crippen LogP contribution in [0.1, 0.15) is 25.3 Å². The van der Waals surface area contributed by atoms with E-state index in [4.69, 9.17) is 33.7 Å². The van der Waals surface area contributed by atoms with Crippen LogP contribution in [0.25, 0.3) is 5.70 Å². The summed E-state index contributed by atoms with van der Waals surface area (Å²) in [6.07, 6.45) is 1.51. The normalized spacial score (nSPS) is 15.4. The lowest BCUT2D eigenvalue weighted by molar-refractivity contribution is -0.140. The van der Waals surface area contributed by atoms with Gasteiger partial charge in [0.2, 0.25) is 0 Å². The molecule has 4 nitrogen and oxygen atoms in total. The van der Waals surface area contributed by atoms with Gasteiger partial charge in [0.25, 0.3) is 0 Å². The number of hydrogen-bond acceptors (Lipinski definition) is 4. The number of halogens is 2. The summed E-state index contributed by atoms with van der Waals surface area (Å²) in [5, 5.41) is 0.566. The highest BCUT2D eigenvalue weighted by Gasteiger charge is 2.37. The van der Waals surface area contributed by atoms with Gasteiger partial charge in [-0.25, -0.2) is 4.79 Å². The van der Waals surface area contributed by atoms with Gasteiger partial charge < -0.3 is 10.5 Å². The van der Waals surface area contributed by atoms with Gasteiger partial charge in [-0.05, 0) is 31.9 Å². The Balaban J connectivity index is 2.55. The van der Waals surface area contributed by atoms with Crippen LogP contribution >= 0.6 is 23.2 Å². The summed E-state index contributed by atoms with van der Waals surface area (Å²) in [7, 11) is 0. The summed E-state index contributed by atoms with van der Waals surface area (Å²) in [4.78, 5) is 24.4. The van der Waals surface area contributed by atoms with Gasteiger partial charge in [-0.2, -0.15) is 0 Å². The predicted molar refractivity (Wildman–Crippen MR) is 81.9 cm³/mol. The molecule has 1 aromatic carbocycles. The van der Waals surface area contributed by atoms with Crippen molar-refractivity contribution in [3.63, 3.8) is 0 Å². The highest BCUT2D eigenvalue weighted by molar-refractivity contribution is 6.38. The van der Waals surface area contributed by atoms with Crippen molar-refractivity contribution in [3.05, 3.63) is 39.4 Å². The predicted octanol–water partition coefficient (Wildman–Crippen LogP) is 3.21. The Labute approximate surface area is 132 Å². The Morgan fingerprint density at radius 2 is 1.86 bits per heavy atom. The van der Waals surface area contributed by atoms with E-state index in [1.54, 1.807) is 25.1 Å². The Morgan fingerprint density at radius 1 is 1.29 bits per heavy atom. The summed E-state index contributed by atoms with van der Waals surface area (Å²) < 4.78 is 4.94. The van der Waals surface area contributed by atoms with Gasteiger partial charge in [-0.3, -0.25) is 4.79 Å². The van der Waals surface area contributed by atoms with Crippen molar-refractivity contribution in [3.8, 4) is 0 Å². The van der Waals surface area contributed by atoms with E-state index < -0.39 is 5.97 Å². The van der Waals surface area contributed by atoms with Crippen molar-refractivity contribution < 1.29 is 14.3 Å². The third-order valence-electron chi connectivity index (χ3n) is 3.18. The molecule has 0 saturated heterocycles. The quantitative estimate of drug-likeness (QED) is 0.390. The molecule has 0 atom stereocenters. The maximum absolute atomic E-state index is 12.3. The average Bonchev–Trinajstić information content (AvgIpc) is 3.23. The van der Waals surface area contributed by atoms with E-state index in [0.717, 1.165) is 12.8 Å². The van der Waals surface area contributed by atoms with Crippen LogP contribution < -0.4 is 5.73 Å². The first-order valence-corrected chi connectivity index (χ1v) is 7.38. The van der Waals surface area contributed by atoms with Crippen LogP contribution in [0, 0.1) is 5.92 Å². The van der Waals surface area contributed by atoms with Crippen molar-refractivity contribution in [2.75, 3.05) is 6.61 Å². The summed E-state index contributed by atoms with van der Waals surface area (Å²) in [5.41, 5.74) is 6.13. The average molecular weight is 328 g/mol. The topological polar surface area (TPSA) is 69.4 Å². The summed E-state index contributed by atoms with van der Waals surface area (Å²) >= 11 is 12.2. The van der Waals surface area contributed by atoms with Gasteiger partial charge in [0.1, 0.15) is 5.57 Å². The molecule has 1 saturated carbocycles. The molecule has 0 spiro atoms. The molecule has 1 aliphatic carbocycles. The molecule has 2 N–H and O–H groups in total. The van der Waals surface area contributed by atoms with Gasteiger partial charge in [0, 0.05) is 11.5 Å². The van der Waals surface area contributed by atoms with E-state index in [1.165, 1.54) is 0 Å². The summed E-state index contributed by atoms with van der Waals surface area (Å²) in [6.45, 7) is 1.82. The minimum Gasteiger partial charge on any atom is -0.462 e. The maximum Gasteiger partial charge on any atom is 0.343 e. The van der Waals surface area contributed by atoms with Gasteiger partial charge in [-0.1, -0.05) is 29.3 Å². The molecular formula is C15H15Cl2NO3. The van der Waals surface area contributed by atoms with Gasteiger partial charge in [-0.15, -0.1) is 0 Å². The third-order valence-corrected chi connectivity index (χ3v) is 3.81. The highest BCUT2D eigenvalue weighted by atomic mass is 35.5. The number of hydrogen-bond donors (Lipinski definition) is 1. The monoisotopic (exact) mass is 327 g/mol. The SMILES string of the molecule is CCOC(=O)/C(C(=O)C1CC1)=C(/N)c1c(Cl)cccc1Cl. The fraction of sp³-hybridized carbons (Fsp3) is 0.333. The molecule has 0 aliphatic heterocycles. The van der Waals surface area contributed by atoms with E-state index in [1.807, 2.05) is 0 Å². The molecular weight excluding hydrogens is 313 g/mol. The molecule has 1 aliphatic rings. The van der Waals surface area contributed by atoms with E-state index in [-0.39, 0.29) is 45.2 Å². The van der Waals surface area contributed by atoms with Gasteiger partial charge in [0.15, 0.2) is 5.78 Å². The van der Waals surface area contributed by atoms with Crippen molar-refractivity contribution in [1.29, 1.82) is 0 Å². The highest BCUT2D eigenvalue weighted by Crippen LogP contribution is 2.36. The molecule has 21 heavy (non-hydrogen) atoms. The smallest absolute Gasteiger partial charge is 0.343 e. The van der Waals surface area contributed by atoms with E-state index in [0.29, 0.717) is 0 Å². The van der Waals surface area contributed by atoms with Crippen molar-refractivity contribution in [1.82, 2.24) is 0 Å². The molecule has 6 heteroatoms. The molecule has 2 rings (SSSR count). The second kappa shape index (κ2) is 6.50. The number of carbonyl (C=O) groups is 2. The number of esters is 1. The van der Waals surface area contributed by atoms with Crippen molar-refractivity contribution >= 4 is 40.7 Å². The van der Waals surface area contributed by atoms with Gasteiger partial charge in [0.05, 0.1) is 22.3 Å². The molecule has 0 radical (unpaired) electrons. The Kier molecular flexibility index (Phi) is 4.91. The summed E-state index contributed by atoms with van der Waals surface area (Å²) in [5.74, 6) is -1.20. The number of ether oxygens (including phenoxy) is 1. The first-order valence-electron chi connectivity index (χ1n) is 6.62. The zero-order valence-electron chi connectivity index (χ0n) is 11.5. The number of nitrogens with two attached hydrogens (primary N) is 1. The van der Waals surface area contributed by atoms with Crippen molar-refractivity contribution in [2.45, 2.75) is 19.8 Å². The Bertz CT molecular complexity index is 601. The largest absolute Gasteiger partial charge is 0.462 e. The maximum atomic E-state index is 12.3. The molecule has 0 bridgehead atoms. The summed E-state index contributed by atoms with van der Waals surface area (Å²) in [6, 6.07) is 4.86. The third kappa shape index (κ3) is 3.39. The fourth-order valence-corrected chi connectivity index (χ4v) is 2.58. The standard InChI is InChI=1S/C15H15Cl2NO3/c1-2-21-15(20)12(14(19)8-6-7-8)13(18)11-9(16)4-3-5-10(11)17/h3-5,8H,2,6-7,18H2,1H3/b13-12+. The second-order valence-electron chi connectivity index (χ2n) is 4.74. The lowest BCUT2D eigenvalue weighted by Crippen LogP contribution is -2.22. The number of rotatable bonds is 5. The van der Waals surface area contributed by atoms with Crippen LogP contribution in [0.2, 0.25) is 10.0 Å². The fourth-order valence-electron chi connectivity index (χ4n) is 1.98. The molecule has 0 unspecified atom stereocenters. The number of carbonyl (C=O) groups excluding carboxylic acids is 2. The van der Waals surface area contributed by atoms with Crippen LogP contribution in [0.4, 0.5) is 0 Å². The molecule has 1 aromatic rings. The first-order chi connectivity index (χ1) is 9.97. The Hall–Kier alpha value is -1.52. The lowest BCUT2D eigenvalue weighted by atomic mass is 10.0. The van der Waals surface area contributed by atoms with Crippen LogP contribution in [-0.4, -0.2) is 18.4 Å². The molecule has 0 heterocycles. The zero-order valence-corrected chi connectivity index (χ0v) is 13.0. The van der Waals surface area contributed by atoms with E-state index in [9.17, 15) is 9.59 Å². The lowest BCUT2D eigenvalue weighted by Gasteiger charge is -2.12. The van der Waals surface area contributed by atoms with Crippen molar-refractivity contribution in [2.24, 2.45) is 11.7 Å². The van der Waals surface area contributed by atoms with Gasteiger partial charge >= 0.3 is 5.97 Å². The minimum atomic E-state index is -0.733. The van der Waals surface area contributed by atoms with Crippen LogP contribution in [0.15, 0.2) is 23.8 Å². The van der Waals surface area contributed by atoms with Crippen LogP contribution in [0.5, 0.6) is 0 Å². The first kappa shape index (κ1) is 15.9. The number of Topliss-reactive ketones (excluding diaryl/α,β-unsaturated/α-hetero) is 1. The van der Waals surface area contributed by atoms with E-state index in [2.05, 4.69) is 0 Å². The van der Waals surface area contributed by atoms with Crippen LogP contribution in [-0.2, 0) is 14.3 Å². The van der Waals surface area contributed by atoms with Crippen LogP contribution in [0.3, 0.4) is 0 Å². The van der Waals surface area contributed by atoms with E-state index >= 15 is 0 Å².